The Morgan fingerprint density at radius 2 is 0.730 bits per heavy atom. The number of unbranched alkanes of at least 4 members (excludes halogenated alkanes) is 26. The van der Waals surface area contributed by atoms with Crippen LogP contribution < -0.4 is 0 Å². The van der Waals surface area contributed by atoms with Crippen molar-refractivity contribution in [3.05, 3.63) is 72.9 Å². The van der Waals surface area contributed by atoms with Crippen LogP contribution in [-0.4, -0.2) is 66.5 Å². The van der Waals surface area contributed by atoms with Crippen molar-refractivity contribution in [2.45, 2.75) is 277 Å². The largest absolute Gasteiger partial charge is 0.472 e. The molecule has 0 amide bonds. The predicted molar refractivity (Wildman–Crippen MR) is 307 cm³/mol. The van der Waals surface area contributed by atoms with Gasteiger partial charge in [0.1, 0.15) is 12.7 Å². The zero-order chi connectivity index (χ0) is 54.1. The summed E-state index contributed by atoms with van der Waals surface area (Å²) < 4.78 is 39.5. The molecule has 0 rings (SSSR count). The Labute approximate surface area is 452 Å². The summed E-state index contributed by atoms with van der Waals surface area (Å²) in [6.45, 7) is 4.43. The maximum atomic E-state index is 12.9. The van der Waals surface area contributed by atoms with Crippen LogP contribution in [0.3, 0.4) is 0 Å². The first-order chi connectivity index (χ1) is 36.2. The number of allylic oxidation sites excluding steroid dienone is 12. The number of esters is 3. The highest BCUT2D eigenvalue weighted by atomic mass is 31.2. The lowest BCUT2D eigenvalue weighted by atomic mass is 10.0. The minimum absolute atomic E-state index is 0.157. The maximum absolute atomic E-state index is 12.9. The van der Waals surface area contributed by atoms with Crippen LogP contribution in [0, 0.1) is 0 Å². The summed E-state index contributed by atoms with van der Waals surface area (Å²) in [5.41, 5.74) is 0. The molecule has 0 bridgehead atoms. The van der Waals surface area contributed by atoms with E-state index >= 15 is 0 Å². The Morgan fingerprint density at radius 1 is 0.392 bits per heavy atom. The van der Waals surface area contributed by atoms with E-state index < -0.39 is 57.8 Å². The van der Waals surface area contributed by atoms with E-state index in [0.29, 0.717) is 19.3 Å². The number of ether oxygens (including phenoxy) is 3. The third kappa shape index (κ3) is 53.7. The van der Waals surface area contributed by atoms with E-state index in [1.165, 1.54) is 96.3 Å². The zero-order valence-corrected chi connectivity index (χ0v) is 48.2. The van der Waals surface area contributed by atoms with Gasteiger partial charge in [-0.25, -0.2) is 4.57 Å². The second-order valence-electron chi connectivity index (χ2n) is 19.8. The summed E-state index contributed by atoms with van der Waals surface area (Å²) in [4.78, 5) is 48.6. The van der Waals surface area contributed by atoms with Crippen molar-refractivity contribution in [2.24, 2.45) is 0 Å². The highest BCUT2D eigenvalue weighted by molar-refractivity contribution is 7.47. The van der Waals surface area contributed by atoms with E-state index in [9.17, 15) is 28.9 Å². The zero-order valence-electron chi connectivity index (χ0n) is 47.3. The Kier molecular flexibility index (Phi) is 53.8. The number of rotatable bonds is 55. The van der Waals surface area contributed by atoms with E-state index in [-0.39, 0.29) is 25.9 Å². The van der Waals surface area contributed by atoms with Gasteiger partial charge in [0.05, 0.1) is 19.8 Å². The standard InChI is InChI=1S/C62H109O11P/c1-4-7-10-13-16-19-22-25-27-28-29-30-32-35-38-41-44-47-50-53-62(66)73-59(55-69-60(64)51-48-45-42-39-36-34-31-26-23-20-17-14-11-8-5-2)57-71-74(67,68)70-56-58(54-63)72-61(65)52-49-46-43-40-37-33-24-21-18-15-12-9-6-3/h8,11-12,15,17,20-21,24,26,31,36,39,58-59,63H,4-7,9-10,13-14,16,18-19,22-23,25,27-30,32-35,37-38,40-57H2,1-3H3,(H,67,68)/b11-8-,15-12-,20-17-,24-21-,31-26-,39-36-. The topological polar surface area (TPSA) is 155 Å². The molecule has 0 radical (unpaired) electrons. The molecule has 0 spiro atoms. The van der Waals surface area contributed by atoms with Crippen LogP contribution in [0.1, 0.15) is 265 Å². The molecule has 11 nitrogen and oxygen atoms in total. The fourth-order valence-electron chi connectivity index (χ4n) is 8.09. The molecular weight excluding hydrogens is 952 g/mol. The molecular formula is C62H109O11P. The van der Waals surface area contributed by atoms with Crippen LogP contribution in [0.2, 0.25) is 0 Å². The van der Waals surface area contributed by atoms with Crippen molar-refractivity contribution >= 4 is 25.7 Å². The van der Waals surface area contributed by atoms with Crippen molar-refractivity contribution < 1.29 is 52.2 Å². The van der Waals surface area contributed by atoms with E-state index in [1.54, 1.807) is 0 Å². The smallest absolute Gasteiger partial charge is 0.462 e. The van der Waals surface area contributed by atoms with Crippen molar-refractivity contribution in [3.8, 4) is 0 Å². The Balaban J connectivity index is 4.75. The molecule has 3 unspecified atom stereocenters. The summed E-state index contributed by atoms with van der Waals surface area (Å²) in [6, 6.07) is 0. The van der Waals surface area contributed by atoms with Gasteiger partial charge in [0.2, 0.25) is 0 Å². The quantitative estimate of drug-likeness (QED) is 0.0197. The number of carbonyl (C=O) groups excluding carboxylic acids is 3. The lowest BCUT2D eigenvalue weighted by Gasteiger charge is -2.21. The van der Waals surface area contributed by atoms with Gasteiger partial charge in [-0.05, 0) is 83.5 Å². The van der Waals surface area contributed by atoms with Crippen LogP contribution >= 0.6 is 7.82 Å². The number of hydrogen-bond donors (Lipinski definition) is 2. The molecule has 0 aromatic carbocycles. The molecule has 0 aromatic rings. The molecule has 428 valence electrons. The molecule has 74 heavy (non-hydrogen) atoms. The predicted octanol–water partition coefficient (Wildman–Crippen LogP) is 17.7. The summed E-state index contributed by atoms with van der Waals surface area (Å²) >= 11 is 0. The fraction of sp³-hybridized carbons (Fsp3) is 0.758. The third-order valence-electron chi connectivity index (χ3n) is 12.6. The molecule has 12 heteroatoms. The number of aliphatic hydroxyl groups excluding tert-OH is 1. The van der Waals surface area contributed by atoms with Gasteiger partial charge in [-0.1, -0.05) is 235 Å². The average Bonchev–Trinajstić information content (AvgIpc) is 3.39. The number of aliphatic hydroxyl groups is 1. The van der Waals surface area contributed by atoms with E-state index in [1.807, 2.05) is 0 Å². The van der Waals surface area contributed by atoms with E-state index in [2.05, 4.69) is 93.7 Å². The number of phosphoric acid groups is 1. The Bertz CT molecular complexity index is 1520. The molecule has 0 aliphatic heterocycles. The molecule has 0 saturated carbocycles. The first-order valence-corrected chi connectivity index (χ1v) is 31.3. The SMILES string of the molecule is CC/C=C\C/C=C\C/C=C\C/C=C\CCCCC(=O)OCC(COP(=O)(O)OCC(CO)OC(=O)CCCCCCC/C=C\C/C=C\CCC)OC(=O)CCCCCCCCCCCCCCCCCCCCC. The highest BCUT2D eigenvalue weighted by Gasteiger charge is 2.28. The molecule has 3 atom stereocenters. The lowest BCUT2D eigenvalue weighted by molar-refractivity contribution is -0.161. The van der Waals surface area contributed by atoms with Crippen molar-refractivity contribution in [1.82, 2.24) is 0 Å². The minimum Gasteiger partial charge on any atom is -0.462 e. The Morgan fingerprint density at radius 3 is 1.16 bits per heavy atom. The monoisotopic (exact) mass is 1060 g/mol. The van der Waals surface area contributed by atoms with Crippen LogP contribution in [0.5, 0.6) is 0 Å². The first kappa shape index (κ1) is 70.9. The van der Waals surface area contributed by atoms with Gasteiger partial charge in [-0.3, -0.25) is 23.4 Å². The minimum atomic E-state index is -4.76. The number of carbonyl (C=O) groups is 3. The molecule has 2 N–H and O–H groups in total. The normalized spacial score (nSPS) is 13.9. The van der Waals surface area contributed by atoms with Crippen molar-refractivity contribution in [1.29, 1.82) is 0 Å². The maximum Gasteiger partial charge on any atom is 0.472 e. The van der Waals surface area contributed by atoms with Gasteiger partial charge in [0.25, 0.3) is 0 Å². The van der Waals surface area contributed by atoms with Gasteiger partial charge in [-0.15, -0.1) is 0 Å². The number of phosphoric ester groups is 1. The third-order valence-corrected chi connectivity index (χ3v) is 13.5. The number of hydrogen-bond acceptors (Lipinski definition) is 10. The molecule has 0 fully saturated rings. The molecule has 0 aromatic heterocycles. The fourth-order valence-corrected chi connectivity index (χ4v) is 8.88. The second-order valence-corrected chi connectivity index (χ2v) is 21.2. The van der Waals surface area contributed by atoms with Crippen LogP contribution in [0.25, 0.3) is 0 Å². The lowest BCUT2D eigenvalue weighted by Crippen LogP contribution is -2.30. The summed E-state index contributed by atoms with van der Waals surface area (Å²) in [7, 11) is -4.76. The highest BCUT2D eigenvalue weighted by Crippen LogP contribution is 2.43. The van der Waals surface area contributed by atoms with Crippen molar-refractivity contribution in [3.63, 3.8) is 0 Å². The van der Waals surface area contributed by atoms with Gasteiger partial charge < -0.3 is 24.2 Å². The first-order valence-electron chi connectivity index (χ1n) is 29.8. The van der Waals surface area contributed by atoms with Crippen LogP contribution in [0.4, 0.5) is 0 Å². The van der Waals surface area contributed by atoms with Crippen LogP contribution in [0.15, 0.2) is 72.9 Å². The average molecular weight is 1060 g/mol. The molecule has 0 aliphatic carbocycles. The molecule has 0 saturated heterocycles. The summed E-state index contributed by atoms with van der Waals surface area (Å²) in [5.74, 6) is -1.52. The van der Waals surface area contributed by atoms with E-state index in [0.717, 1.165) is 109 Å². The van der Waals surface area contributed by atoms with Gasteiger partial charge in [0.15, 0.2) is 6.10 Å². The summed E-state index contributed by atoms with van der Waals surface area (Å²) in [6.07, 6.45) is 63.0. The van der Waals surface area contributed by atoms with Gasteiger partial charge in [-0.2, -0.15) is 0 Å². The summed E-state index contributed by atoms with van der Waals surface area (Å²) in [5, 5.41) is 9.81. The van der Waals surface area contributed by atoms with Crippen LogP contribution in [-0.2, 0) is 42.2 Å². The molecule has 0 heterocycles. The van der Waals surface area contributed by atoms with Gasteiger partial charge >= 0.3 is 25.7 Å². The molecule has 0 aliphatic rings. The van der Waals surface area contributed by atoms with Gasteiger partial charge in [0, 0.05) is 19.3 Å². The van der Waals surface area contributed by atoms with Crippen molar-refractivity contribution in [2.75, 3.05) is 26.4 Å². The van der Waals surface area contributed by atoms with E-state index in [4.69, 9.17) is 23.3 Å². The Hall–Kier alpha value is -3.08. The second kappa shape index (κ2) is 56.1.